The van der Waals surface area contributed by atoms with Crippen LogP contribution in [-0.4, -0.2) is 41.0 Å². The van der Waals surface area contributed by atoms with Crippen molar-refractivity contribution in [2.24, 2.45) is 4.99 Å². The highest BCUT2D eigenvalue weighted by Crippen LogP contribution is 2.41. The second kappa shape index (κ2) is 12.9. The van der Waals surface area contributed by atoms with Gasteiger partial charge in [0.25, 0.3) is 5.91 Å². The maximum Gasteiger partial charge on any atom is 0.321 e. The standard InChI is InChI=1S/C32H34Cl2N4O2S/c1-19(2)21-7-9-24(10-8-21)30-29(35-20(3)41-30)31(39)36-25-13-11-22(12-14-25)23-15-17-38(18-16-23)32(40)37-28-26(33)5-4-6-27(28)34/h4-14,19,23,29-30H,15-18H2,1-3H3,(H,36,39)(H,37,40). The molecule has 0 bridgehead atoms. The van der Waals surface area contributed by atoms with E-state index >= 15 is 0 Å². The number of aliphatic imine (C=N–C) groups is 1. The number of carbonyl (C=O) groups is 2. The minimum atomic E-state index is -0.472. The van der Waals surface area contributed by atoms with Crippen LogP contribution < -0.4 is 10.6 Å². The molecule has 214 valence electrons. The fourth-order valence-electron chi connectivity index (χ4n) is 5.33. The number of amides is 3. The lowest BCUT2D eigenvalue weighted by molar-refractivity contribution is -0.117. The molecule has 3 amide bonds. The maximum absolute atomic E-state index is 13.3. The number of rotatable bonds is 6. The average Bonchev–Trinajstić information content (AvgIpc) is 3.37. The Kier molecular flexibility index (Phi) is 9.27. The van der Waals surface area contributed by atoms with Crippen LogP contribution in [0.25, 0.3) is 0 Å². The lowest BCUT2D eigenvalue weighted by Gasteiger charge is -2.32. The zero-order valence-corrected chi connectivity index (χ0v) is 25.7. The minimum absolute atomic E-state index is 0.0354. The number of carbonyl (C=O) groups excluding carboxylic acids is 2. The summed E-state index contributed by atoms with van der Waals surface area (Å²) in [6.45, 7) is 7.58. The lowest BCUT2D eigenvalue weighted by atomic mass is 9.89. The molecule has 2 aliphatic rings. The van der Waals surface area contributed by atoms with Gasteiger partial charge in [-0.15, -0.1) is 11.8 Å². The number of para-hydroxylation sites is 1. The molecule has 2 atom stereocenters. The summed E-state index contributed by atoms with van der Waals surface area (Å²) in [7, 11) is 0. The molecule has 6 nitrogen and oxygen atoms in total. The third kappa shape index (κ3) is 6.91. The summed E-state index contributed by atoms with van der Waals surface area (Å²) in [5.41, 5.74) is 4.79. The fourth-order valence-corrected chi connectivity index (χ4v) is 6.97. The molecular formula is C32H34Cl2N4O2S. The van der Waals surface area contributed by atoms with Crippen molar-refractivity contribution in [2.75, 3.05) is 23.7 Å². The van der Waals surface area contributed by atoms with Crippen molar-refractivity contribution in [3.63, 3.8) is 0 Å². The van der Waals surface area contributed by atoms with Gasteiger partial charge in [0.2, 0.25) is 0 Å². The van der Waals surface area contributed by atoms with Crippen LogP contribution in [0.4, 0.5) is 16.2 Å². The first kappa shape index (κ1) is 29.5. The summed E-state index contributed by atoms with van der Waals surface area (Å²) in [4.78, 5) is 32.5. The van der Waals surface area contributed by atoms with Gasteiger partial charge >= 0.3 is 6.03 Å². The Morgan fingerprint density at radius 3 is 2.12 bits per heavy atom. The molecule has 0 saturated carbocycles. The molecule has 2 heterocycles. The summed E-state index contributed by atoms with van der Waals surface area (Å²) >= 11 is 14.1. The molecule has 3 aromatic carbocycles. The second-order valence-electron chi connectivity index (χ2n) is 10.9. The zero-order chi connectivity index (χ0) is 29.1. The average molecular weight is 610 g/mol. The topological polar surface area (TPSA) is 73.8 Å². The molecule has 2 N–H and O–H groups in total. The molecule has 0 radical (unpaired) electrons. The molecule has 2 unspecified atom stereocenters. The van der Waals surface area contributed by atoms with Crippen LogP contribution in [0.2, 0.25) is 10.0 Å². The number of nitrogens with one attached hydrogen (secondary N) is 2. The van der Waals surface area contributed by atoms with Gasteiger partial charge in [-0.05, 0) is 72.6 Å². The Hall–Kier alpha value is -3.00. The van der Waals surface area contributed by atoms with Crippen LogP contribution >= 0.6 is 35.0 Å². The molecule has 1 fully saturated rings. The van der Waals surface area contributed by atoms with Crippen LogP contribution in [0, 0.1) is 0 Å². The summed E-state index contributed by atoms with van der Waals surface area (Å²) in [5.74, 6) is 0.702. The van der Waals surface area contributed by atoms with Gasteiger partial charge in [-0.3, -0.25) is 9.79 Å². The van der Waals surface area contributed by atoms with Crippen molar-refractivity contribution < 1.29 is 9.59 Å². The van der Waals surface area contributed by atoms with E-state index in [1.807, 2.05) is 19.1 Å². The van der Waals surface area contributed by atoms with Crippen molar-refractivity contribution in [3.8, 4) is 0 Å². The highest BCUT2D eigenvalue weighted by molar-refractivity contribution is 8.14. The number of hydrogen-bond donors (Lipinski definition) is 2. The Bertz CT molecular complexity index is 1410. The number of halogens is 2. The number of anilines is 2. The highest BCUT2D eigenvalue weighted by atomic mass is 35.5. The summed E-state index contributed by atoms with van der Waals surface area (Å²) in [5, 5.41) is 7.64. The van der Waals surface area contributed by atoms with Crippen molar-refractivity contribution in [1.82, 2.24) is 4.90 Å². The monoisotopic (exact) mass is 608 g/mol. The number of nitrogens with zero attached hydrogens (tertiary/aromatic N) is 2. The number of piperidine rings is 1. The highest BCUT2D eigenvalue weighted by Gasteiger charge is 2.35. The van der Waals surface area contributed by atoms with E-state index in [-0.39, 0.29) is 17.2 Å². The van der Waals surface area contributed by atoms with Crippen LogP contribution in [-0.2, 0) is 4.79 Å². The molecule has 1 saturated heterocycles. The third-order valence-corrected chi connectivity index (χ3v) is 9.59. The van der Waals surface area contributed by atoms with Gasteiger partial charge in [0.05, 0.1) is 26.0 Å². The molecule has 0 aromatic heterocycles. The van der Waals surface area contributed by atoms with E-state index < -0.39 is 6.04 Å². The number of likely N-dealkylation sites (tertiary alicyclic amines) is 1. The third-order valence-electron chi connectivity index (χ3n) is 7.73. The van der Waals surface area contributed by atoms with Crippen LogP contribution in [0.15, 0.2) is 71.7 Å². The van der Waals surface area contributed by atoms with Crippen molar-refractivity contribution in [2.45, 2.75) is 56.7 Å². The summed E-state index contributed by atoms with van der Waals surface area (Å²) in [6, 6.07) is 21.1. The van der Waals surface area contributed by atoms with Crippen LogP contribution in [0.3, 0.4) is 0 Å². The summed E-state index contributed by atoms with van der Waals surface area (Å²) < 4.78 is 0. The first-order valence-corrected chi connectivity index (χ1v) is 15.5. The number of thioether (sulfide) groups is 1. The van der Waals surface area contributed by atoms with E-state index in [4.69, 9.17) is 23.2 Å². The predicted molar refractivity (Wildman–Crippen MR) is 172 cm³/mol. The van der Waals surface area contributed by atoms with Gasteiger partial charge in [0.15, 0.2) is 0 Å². The largest absolute Gasteiger partial charge is 0.324 e. The Balaban J connectivity index is 1.16. The van der Waals surface area contributed by atoms with Crippen molar-refractivity contribution in [1.29, 1.82) is 0 Å². The quantitative estimate of drug-likeness (QED) is 0.294. The van der Waals surface area contributed by atoms with E-state index in [9.17, 15) is 9.59 Å². The van der Waals surface area contributed by atoms with Gasteiger partial charge in [-0.1, -0.05) is 79.5 Å². The minimum Gasteiger partial charge on any atom is -0.324 e. The lowest BCUT2D eigenvalue weighted by Crippen LogP contribution is -2.40. The van der Waals surface area contributed by atoms with Gasteiger partial charge < -0.3 is 15.5 Å². The molecule has 3 aromatic rings. The predicted octanol–water partition coefficient (Wildman–Crippen LogP) is 8.74. The van der Waals surface area contributed by atoms with E-state index in [1.54, 1.807) is 34.9 Å². The smallest absolute Gasteiger partial charge is 0.321 e. The number of benzene rings is 3. The molecule has 5 rings (SSSR count). The van der Waals surface area contributed by atoms with Crippen molar-refractivity contribution in [3.05, 3.63) is 93.5 Å². The zero-order valence-electron chi connectivity index (χ0n) is 23.4. The number of urea groups is 1. The van der Waals surface area contributed by atoms with Gasteiger partial charge in [0, 0.05) is 18.8 Å². The molecular weight excluding hydrogens is 575 g/mol. The fraction of sp³-hybridized carbons (Fsp3) is 0.344. The molecule has 0 spiro atoms. The van der Waals surface area contributed by atoms with E-state index in [0.717, 1.165) is 29.1 Å². The Labute approximate surface area is 255 Å². The molecule has 2 aliphatic heterocycles. The number of hydrogen-bond acceptors (Lipinski definition) is 4. The Morgan fingerprint density at radius 1 is 0.902 bits per heavy atom. The Morgan fingerprint density at radius 2 is 1.51 bits per heavy atom. The van der Waals surface area contributed by atoms with Crippen LogP contribution in [0.1, 0.15) is 67.4 Å². The molecule has 41 heavy (non-hydrogen) atoms. The van der Waals surface area contributed by atoms with Gasteiger partial charge in [0.1, 0.15) is 6.04 Å². The van der Waals surface area contributed by atoms with E-state index in [0.29, 0.717) is 40.7 Å². The van der Waals surface area contributed by atoms with E-state index in [1.165, 1.54) is 11.1 Å². The van der Waals surface area contributed by atoms with Crippen LogP contribution in [0.5, 0.6) is 0 Å². The molecule has 0 aliphatic carbocycles. The SMILES string of the molecule is CC1=NC(C(=O)Nc2ccc(C3CCN(C(=O)Nc4c(Cl)cccc4Cl)CC3)cc2)C(c2ccc(C(C)C)cc2)S1. The second-order valence-corrected chi connectivity index (χ2v) is 13.0. The van der Waals surface area contributed by atoms with Gasteiger partial charge in [-0.25, -0.2) is 4.79 Å². The maximum atomic E-state index is 13.3. The van der Waals surface area contributed by atoms with Gasteiger partial charge in [-0.2, -0.15) is 0 Å². The van der Waals surface area contributed by atoms with Crippen molar-refractivity contribution >= 4 is 63.3 Å². The van der Waals surface area contributed by atoms with E-state index in [2.05, 4.69) is 65.9 Å². The normalized spacial score (nSPS) is 19.3. The molecule has 9 heteroatoms. The first-order chi connectivity index (χ1) is 19.7. The summed E-state index contributed by atoms with van der Waals surface area (Å²) in [6.07, 6.45) is 1.69. The first-order valence-electron chi connectivity index (χ1n) is 13.9.